The molecule has 0 atom stereocenters. The fourth-order valence-electron chi connectivity index (χ4n) is 2.24. The van der Waals surface area contributed by atoms with Gasteiger partial charge in [-0.15, -0.1) is 11.6 Å². The quantitative estimate of drug-likeness (QED) is 0.612. The lowest BCUT2D eigenvalue weighted by molar-refractivity contribution is 0.912. The van der Waals surface area contributed by atoms with Crippen LogP contribution in [0.1, 0.15) is 5.82 Å². The van der Waals surface area contributed by atoms with Crippen molar-refractivity contribution >= 4 is 45.8 Å². The molecule has 0 N–H and O–H groups in total. The number of nitrogens with zero attached hydrogens (tertiary/aromatic N) is 2. The molecule has 0 bridgehead atoms. The Labute approximate surface area is 131 Å². The van der Waals surface area contributed by atoms with E-state index in [1.165, 1.54) is 0 Å². The normalized spacial score (nSPS) is 11.2. The van der Waals surface area contributed by atoms with Crippen molar-refractivity contribution in [2.24, 2.45) is 0 Å². The Morgan fingerprint density at radius 3 is 2.55 bits per heavy atom. The molecule has 0 fully saturated rings. The summed E-state index contributed by atoms with van der Waals surface area (Å²) in [4.78, 5) is 4.63. The van der Waals surface area contributed by atoms with Crippen LogP contribution in [0.3, 0.4) is 0 Å². The van der Waals surface area contributed by atoms with Gasteiger partial charge in [0.1, 0.15) is 5.82 Å². The molecule has 1 aromatic heterocycles. The molecule has 0 aliphatic heterocycles. The monoisotopic (exact) mass is 324 g/mol. The molecule has 0 aliphatic carbocycles. The molecule has 20 heavy (non-hydrogen) atoms. The molecule has 102 valence electrons. The van der Waals surface area contributed by atoms with Crippen molar-refractivity contribution in [3.8, 4) is 5.69 Å². The third kappa shape index (κ3) is 2.39. The molecule has 5 heteroatoms. The summed E-state index contributed by atoms with van der Waals surface area (Å²) in [6, 6.07) is 13.5. The van der Waals surface area contributed by atoms with Gasteiger partial charge in [0, 0.05) is 18.0 Å². The summed E-state index contributed by atoms with van der Waals surface area (Å²) in [5.41, 5.74) is 2.91. The zero-order valence-electron chi connectivity index (χ0n) is 10.5. The maximum atomic E-state index is 6.12. The van der Waals surface area contributed by atoms with E-state index in [0.29, 0.717) is 22.3 Å². The third-order valence-corrected chi connectivity index (χ3v) is 4.04. The molecular formula is C15H11Cl3N2. The average Bonchev–Trinajstić information content (AvgIpc) is 2.80. The van der Waals surface area contributed by atoms with E-state index >= 15 is 0 Å². The average molecular weight is 326 g/mol. The molecular weight excluding hydrogens is 315 g/mol. The highest BCUT2D eigenvalue weighted by Gasteiger charge is 2.12. The van der Waals surface area contributed by atoms with Gasteiger partial charge in [-0.25, -0.2) is 4.98 Å². The number of imidazole rings is 1. The van der Waals surface area contributed by atoms with Crippen molar-refractivity contribution in [3.63, 3.8) is 0 Å². The first kappa shape index (κ1) is 13.7. The van der Waals surface area contributed by atoms with Gasteiger partial charge in [-0.05, 0) is 30.3 Å². The number of halogens is 3. The lowest BCUT2D eigenvalue weighted by Crippen LogP contribution is -2.02. The standard InChI is InChI=1S/C15H11Cl3N2/c16-8-7-15-19-13-3-1-2-4-14(13)20(15)10-5-6-11(17)12(18)9-10/h1-6,9H,7-8H2. The molecule has 2 aromatic carbocycles. The lowest BCUT2D eigenvalue weighted by atomic mass is 10.2. The van der Waals surface area contributed by atoms with Crippen molar-refractivity contribution in [1.29, 1.82) is 0 Å². The molecule has 3 aromatic rings. The van der Waals surface area contributed by atoms with Crippen molar-refractivity contribution in [2.75, 3.05) is 5.88 Å². The third-order valence-electron chi connectivity index (χ3n) is 3.11. The summed E-state index contributed by atoms with van der Waals surface area (Å²) in [6.45, 7) is 0. The van der Waals surface area contributed by atoms with Crippen LogP contribution < -0.4 is 0 Å². The highest BCUT2D eigenvalue weighted by molar-refractivity contribution is 6.42. The predicted molar refractivity (Wildman–Crippen MR) is 85.5 cm³/mol. The maximum absolute atomic E-state index is 6.12. The smallest absolute Gasteiger partial charge is 0.115 e. The highest BCUT2D eigenvalue weighted by Crippen LogP contribution is 2.28. The van der Waals surface area contributed by atoms with Gasteiger partial charge in [0.25, 0.3) is 0 Å². The van der Waals surface area contributed by atoms with Crippen LogP contribution in [0.2, 0.25) is 10.0 Å². The van der Waals surface area contributed by atoms with Crippen molar-refractivity contribution in [2.45, 2.75) is 6.42 Å². The highest BCUT2D eigenvalue weighted by atomic mass is 35.5. The molecule has 0 saturated carbocycles. The Kier molecular flexibility index (Phi) is 3.88. The van der Waals surface area contributed by atoms with Crippen molar-refractivity contribution in [3.05, 3.63) is 58.3 Å². The van der Waals surface area contributed by atoms with Gasteiger partial charge in [-0.1, -0.05) is 35.3 Å². The zero-order valence-corrected chi connectivity index (χ0v) is 12.8. The van der Waals surface area contributed by atoms with Crippen LogP contribution in [-0.2, 0) is 6.42 Å². The molecule has 0 aliphatic rings. The number of fused-ring (bicyclic) bond motifs is 1. The molecule has 2 nitrogen and oxygen atoms in total. The summed E-state index contributed by atoms with van der Waals surface area (Å²) < 4.78 is 2.07. The van der Waals surface area contributed by atoms with Gasteiger partial charge >= 0.3 is 0 Å². The van der Waals surface area contributed by atoms with Crippen LogP contribution >= 0.6 is 34.8 Å². The first-order valence-electron chi connectivity index (χ1n) is 6.18. The molecule has 0 saturated heterocycles. The van der Waals surface area contributed by atoms with Crippen molar-refractivity contribution < 1.29 is 0 Å². The van der Waals surface area contributed by atoms with Crippen LogP contribution in [-0.4, -0.2) is 15.4 Å². The number of hydrogen-bond donors (Lipinski definition) is 0. The van der Waals surface area contributed by atoms with Crippen LogP contribution in [0.25, 0.3) is 16.7 Å². The van der Waals surface area contributed by atoms with E-state index in [-0.39, 0.29) is 0 Å². The summed E-state index contributed by atoms with van der Waals surface area (Å²) in [7, 11) is 0. The molecule has 0 radical (unpaired) electrons. The van der Waals surface area contributed by atoms with Crippen molar-refractivity contribution in [1.82, 2.24) is 9.55 Å². The van der Waals surface area contributed by atoms with E-state index < -0.39 is 0 Å². The van der Waals surface area contributed by atoms with E-state index in [1.807, 2.05) is 36.4 Å². The van der Waals surface area contributed by atoms with Crippen LogP contribution in [0.4, 0.5) is 0 Å². The Morgan fingerprint density at radius 1 is 1.00 bits per heavy atom. The molecule has 0 unspecified atom stereocenters. The fraction of sp³-hybridized carbons (Fsp3) is 0.133. The van der Waals surface area contributed by atoms with E-state index in [9.17, 15) is 0 Å². The molecule has 0 spiro atoms. The summed E-state index contributed by atoms with van der Waals surface area (Å²) >= 11 is 18.0. The number of para-hydroxylation sites is 2. The predicted octanol–water partition coefficient (Wildman–Crippen LogP) is 5.11. The second kappa shape index (κ2) is 5.65. The van der Waals surface area contributed by atoms with Gasteiger partial charge in [0.05, 0.1) is 21.1 Å². The minimum Gasteiger partial charge on any atom is -0.296 e. The summed E-state index contributed by atoms with van der Waals surface area (Å²) in [5.74, 6) is 1.43. The van der Waals surface area contributed by atoms with Gasteiger partial charge < -0.3 is 0 Å². The summed E-state index contributed by atoms with van der Waals surface area (Å²) in [5, 5.41) is 1.07. The first-order chi connectivity index (χ1) is 9.70. The number of rotatable bonds is 3. The van der Waals surface area contributed by atoms with E-state index in [4.69, 9.17) is 34.8 Å². The van der Waals surface area contributed by atoms with Crippen LogP contribution in [0.15, 0.2) is 42.5 Å². The van der Waals surface area contributed by atoms with Crippen LogP contribution in [0.5, 0.6) is 0 Å². The largest absolute Gasteiger partial charge is 0.296 e. The van der Waals surface area contributed by atoms with E-state index in [1.54, 1.807) is 6.07 Å². The minimum absolute atomic E-state index is 0.518. The second-order valence-corrected chi connectivity index (χ2v) is 5.58. The van der Waals surface area contributed by atoms with Gasteiger partial charge in [-0.3, -0.25) is 4.57 Å². The summed E-state index contributed by atoms with van der Waals surface area (Å²) in [6.07, 6.45) is 0.691. The number of aryl methyl sites for hydroxylation is 1. The minimum atomic E-state index is 0.518. The molecule has 3 rings (SSSR count). The number of hydrogen-bond acceptors (Lipinski definition) is 1. The lowest BCUT2D eigenvalue weighted by Gasteiger charge is -2.09. The Hall–Kier alpha value is -1.22. The van der Waals surface area contributed by atoms with Gasteiger partial charge in [0.2, 0.25) is 0 Å². The first-order valence-corrected chi connectivity index (χ1v) is 7.47. The van der Waals surface area contributed by atoms with E-state index in [0.717, 1.165) is 22.5 Å². The Balaban J connectivity index is 2.26. The number of aromatic nitrogens is 2. The SMILES string of the molecule is ClCCc1nc2ccccc2n1-c1ccc(Cl)c(Cl)c1. The Bertz CT molecular complexity index is 765. The maximum Gasteiger partial charge on any atom is 0.115 e. The molecule has 0 amide bonds. The second-order valence-electron chi connectivity index (χ2n) is 4.39. The Morgan fingerprint density at radius 2 is 1.80 bits per heavy atom. The number of alkyl halides is 1. The van der Waals surface area contributed by atoms with Gasteiger partial charge in [0.15, 0.2) is 0 Å². The molecule has 1 heterocycles. The van der Waals surface area contributed by atoms with Crippen LogP contribution in [0, 0.1) is 0 Å². The fourth-order valence-corrected chi connectivity index (χ4v) is 2.70. The topological polar surface area (TPSA) is 17.8 Å². The zero-order chi connectivity index (χ0) is 14.1. The van der Waals surface area contributed by atoms with Gasteiger partial charge in [-0.2, -0.15) is 0 Å². The van der Waals surface area contributed by atoms with E-state index in [2.05, 4.69) is 9.55 Å². The number of benzene rings is 2.